The van der Waals surface area contributed by atoms with E-state index in [9.17, 15) is 4.79 Å². The van der Waals surface area contributed by atoms with E-state index in [0.29, 0.717) is 6.54 Å². The van der Waals surface area contributed by atoms with Gasteiger partial charge in [0, 0.05) is 44.2 Å². The minimum Gasteiger partial charge on any atom is -0.375 e. The van der Waals surface area contributed by atoms with Gasteiger partial charge in [-0.1, -0.05) is 18.2 Å². The fraction of sp³-hybridized carbons (Fsp3) is 0.526. The molecular weight excluding hydrogens is 302 g/mol. The molecule has 1 fully saturated rings. The fourth-order valence-corrected chi connectivity index (χ4v) is 3.42. The number of morpholine rings is 1. The van der Waals surface area contributed by atoms with Crippen molar-refractivity contribution >= 4 is 16.8 Å². The lowest BCUT2D eigenvalue weighted by Crippen LogP contribution is -2.43. The maximum absolute atomic E-state index is 11.0. The third-order valence-electron chi connectivity index (χ3n) is 4.89. The highest BCUT2D eigenvalue weighted by Crippen LogP contribution is 2.25. The average molecular weight is 329 g/mol. The molecule has 24 heavy (non-hydrogen) atoms. The number of nitrogens with one attached hydrogen (secondary N) is 2. The predicted molar refractivity (Wildman–Crippen MR) is 96.1 cm³/mol. The number of carbonyl (C=O) groups is 1. The van der Waals surface area contributed by atoms with E-state index in [2.05, 4.69) is 47.2 Å². The van der Waals surface area contributed by atoms with E-state index >= 15 is 0 Å². The normalized spacial score (nSPS) is 18.9. The second-order valence-corrected chi connectivity index (χ2v) is 6.71. The molecule has 130 valence electrons. The average Bonchev–Trinajstić information content (AvgIpc) is 2.84. The molecule has 0 bridgehead atoms. The van der Waals surface area contributed by atoms with Crippen molar-refractivity contribution in [2.24, 2.45) is 0 Å². The third kappa shape index (κ3) is 3.79. The largest absolute Gasteiger partial charge is 0.375 e. The lowest BCUT2D eigenvalue weighted by Gasteiger charge is -2.33. The van der Waals surface area contributed by atoms with E-state index < -0.39 is 0 Å². The predicted octanol–water partition coefficient (Wildman–Crippen LogP) is 2.51. The maximum Gasteiger partial charge on any atom is 0.216 e. The van der Waals surface area contributed by atoms with Gasteiger partial charge in [-0.3, -0.25) is 9.69 Å². The molecule has 2 N–H and O–H groups in total. The van der Waals surface area contributed by atoms with Gasteiger partial charge in [-0.05, 0) is 31.4 Å². The molecule has 1 aliphatic rings. The summed E-state index contributed by atoms with van der Waals surface area (Å²) in [6, 6.07) is 6.54. The minimum absolute atomic E-state index is 0.0202. The van der Waals surface area contributed by atoms with Crippen LogP contribution in [0.2, 0.25) is 0 Å². The molecule has 2 aromatic rings. The highest BCUT2D eigenvalue weighted by molar-refractivity contribution is 5.87. The molecule has 5 nitrogen and oxygen atoms in total. The summed E-state index contributed by atoms with van der Waals surface area (Å²) in [5, 5.41) is 4.17. The Hall–Kier alpha value is -1.85. The van der Waals surface area contributed by atoms with Crippen LogP contribution in [0.5, 0.6) is 0 Å². The quantitative estimate of drug-likeness (QED) is 0.886. The van der Waals surface area contributed by atoms with E-state index in [-0.39, 0.29) is 12.0 Å². The number of benzene rings is 1. The monoisotopic (exact) mass is 329 g/mol. The summed E-state index contributed by atoms with van der Waals surface area (Å²) in [7, 11) is 0. The Morgan fingerprint density at radius 2 is 2.25 bits per heavy atom. The van der Waals surface area contributed by atoms with Crippen molar-refractivity contribution in [1.82, 2.24) is 15.2 Å². The smallest absolute Gasteiger partial charge is 0.216 e. The molecule has 1 aromatic carbocycles. The zero-order valence-corrected chi connectivity index (χ0v) is 14.8. The van der Waals surface area contributed by atoms with Gasteiger partial charge >= 0.3 is 0 Å². The van der Waals surface area contributed by atoms with Gasteiger partial charge in [-0.25, -0.2) is 0 Å². The van der Waals surface area contributed by atoms with Crippen LogP contribution in [-0.2, 0) is 16.1 Å². The number of aromatic amines is 1. The van der Waals surface area contributed by atoms with E-state index in [1.807, 2.05) is 0 Å². The number of amides is 1. The number of H-pyrrole nitrogens is 1. The zero-order chi connectivity index (χ0) is 17.1. The molecule has 3 rings (SSSR count). The molecule has 1 saturated heterocycles. The van der Waals surface area contributed by atoms with Crippen molar-refractivity contribution in [2.45, 2.75) is 39.8 Å². The Kier molecular flexibility index (Phi) is 5.21. The van der Waals surface area contributed by atoms with Gasteiger partial charge in [-0.2, -0.15) is 0 Å². The van der Waals surface area contributed by atoms with Crippen LogP contribution in [0.3, 0.4) is 0 Å². The molecule has 0 aliphatic carbocycles. The highest BCUT2D eigenvalue weighted by atomic mass is 16.5. The number of fused-ring (bicyclic) bond motifs is 1. The molecule has 0 radical (unpaired) electrons. The Morgan fingerprint density at radius 3 is 3.04 bits per heavy atom. The number of hydrogen-bond acceptors (Lipinski definition) is 3. The van der Waals surface area contributed by atoms with Gasteiger partial charge in [0.05, 0.1) is 18.2 Å². The van der Waals surface area contributed by atoms with Crippen LogP contribution in [0.4, 0.5) is 0 Å². The molecule has 1 aromatic heterocycles. The Labute approximate surface area is 143 Å². The van der Waals surface area contributed by atoms with Gasteiger partial charge in [-0.15, -0.1) is 0 Å². The number of aryl methyl sites for hydroxylation is 2. The number of rotatable bonds is 5. The Bertz CT molecular complexity index is 723. The maximum atomic E-state index is 11.0. The zero-order valence-electron chi connectivity index (χ0n) is 14.8. The molecule has 1 amide bonds. The van der Waals surface area contributed by atoms with Crippen molar-refractivity contribution in [3.63, 3.8) is 0 Å². The van der Waals surface area contributed by atoms with Gasteiger partial charge < -0.3 is 15.0 Å². The van der Waals surface area contributed by atoms with Crippen molar-refractivity contribution in [2.75, 3.05) is 26.2 Å². The first kappa shape index (κ1) is 17.0. The molecule has 0 saturated carbocycles. The first-order valence-electron chi connectivity index (χ1n) is 8.69. The molecule has 0 unspecified atom stereocenters. The molecule has 0 spiro atoms. The summed E-state index contributed by atoms with van der Waals surface area (Å²) < 4.78 is 5.84. The van der Waals surface area contributed by atoms with Crippen LogP contribution in [-0.4, -0.2) is 48.1 Å². The summed E-state index contributed by atoms with van der Waals surface area (Å²) >= 11 is 0. The standard InChI is InChI=1S/C19H27N3O2/c1-13-14(2)21-19-16(5-4-6-18(13)19)11-22-9-10-24-17(12-22)7-8-20-15(3)23/h4-6,17,21H,7-12H2,1-3H3,(H,20,23)/t17-/m1/s1. The van der Waals surface area contributed by atoms with Gasteiger partial charge in [0.15, 0.2) is 0 Å². The molecule has 5 heteroatoms. The minimum atomic E-state index is 0.0202. The van der Waals surface area contributed by atoms with E-state index in [1.54, 1.807) is 6.92 Å². The Morgan fingerprint density at radius 1 is 1.42 bits per heavy atom. The Balaban J connectivity index is 1.65. The van der Waals surface area contributed by atoms with Crippen LogP contribution in [0.1, 0.15) is 30.2 Å². The number of ether oxygens (including phenoxy) is 1. The molecule has 1 aliphatic heterocycles. The second-order valence-electron chi connectivity index (χ2n) is 6.71. The van der Waals surface area contributed by atoms with Gasteiger partial charge in [0.1, 0.15) is 0 Å². The lowest BCUT2D eigenvalue weighted by atomic mass is 10.1. The summed E-state index contributed by atoms with van der Waals surface area (Å²) in [5.74, 6) is 0.0202. The summed E-state index contributed by atoms with van der Waals surface area (Å²) in [5.41, 5.74) is 5.18. The van der Waals surface area contributed by atoms with Crippen LogP contribution in [0.15, 0.2) is 18.2 Å². The third-order valence-corrected chi connectivity index (χ3v) is 4.89. The van der Waals surface area contributed by atoms with Crippen LogP contribution >= 0.6 is 0 Å². The van der Waals surface area contributed by atoms with E-state index in [0.717, 1.165) is 32.7 Å². The summed E-state index contributed by atoms with van der Waals surface area (Å²) in [6.45, 7) is 10.1. The van der Waals surface area contributed by atoms with Crippen LogP contribution < -0.4 is 5.32 Å². The summed E-state index contributed by atoms with van der Waals surface area (Å²) in [4.78, 5) is 17.0. The fourth-order valence-electron chi connectivity index (χ4n) is 3.42. The first-order chi connectivity index (χ1) is 11.5. The van der Waals surface area contributed by atoms with Crippen LogP contribution in [0, 0.1) is 13.8 Å². The van der Waals surface area contributed by atoms with E-state index in [4.69, 9.17) is 4.74 Å². The van der Waals surface area contributed by atoms with Crippen molar-refractivity contribution in [3.05, 3.63) is 35.0 Å². The number of aromatic nitrogens is 1. The van der Waals surface area contributed by atoms with Gasteiger partial charge in [0.2, 0.25) is 5.91 Å². The van der Waals surface area contributed by atoms with E-state index in [1.165, 1.54) is 27.7 Å². The molecule has 1 atom stereocenters. The first-order valence-corrected chi connectivity index (χ1v) is 8.69. The highest BCUT2D eigenvalue weighted by Gasteiger charge is 2.21. The molecule has 2 heterocycles. The van der Waals surface area contributed by atoms with Crippen molar-refractivity contribution in [3.8, 4) is 0 Å². The van der Waals surface area contributed by atoms with Crippen LogP contribution in [0.25, 0.3) is 10.9 Å². The SMILES string of the molecule is CC(=O)NCC[C@@H]1CN(Cc2cccc3c(C)c(C)[nH]c23)CCO1. The van der Waals surface area contributed by atoms with Gasteiger partial charge in [0.25, 0.3) is 0 Å². The lowest BCUT2D eigenvalue weighted by molar-refractivity contribution is -0.119. The molecular formula is C19H27N3O2. The second kappa shape index (κ2) is 7.36. The number of nitrogens with zero attached hydrogens (tertiary/aromatic N) is 1. The topological polar surface area (TPSA) is 57.4 Å². The number of para-hydroxylation sites is 1. The number of hydrogen-bond donors (Lipinski definition) is 2. The van der Waals surface area contributed by atoms with Crippen molar-refractivity contribution < 1.29 is 9.53 Å². The number of carbonyl (C=O) groups excluding carboxylic acids is 1. The summed E-state index contributed by atoms with van der Waals surface area (Å²) in [6.07, 6.45) is 1.05. The van der Waals surface area contributed by atoms with Crippen molar-refractivity contribution in [1.29, 1.82) is 0 Å².